The van der Waals surface area contributed by atoms with Crippen molar-refractivity contribution in [3.63, 3.8) is 0 Å². The van der Waals surface area contributed by atoms with Gasteiger partial charge in [-0.25, -0.2) is 13.4 Å². The highest BCUT2D eigenvalue weighted by Gasteiger charge is 2.61. The predicted octanol–water partition coefficient (Wildman–Crippen LogP) is 6.21. The number of sulfonamides is 1. The van der Waals surface area contributed by atoms with E-state index in [4.69, 9.17) is 4.74 Å². The first kappa shape index (κ1) is 33.9. The first-order valence-electron chi connectivity index (χ1n) is 17.7. The maximum absolute atomic E-state index is 14.6. The van der Waals surface area contributed by atoms with E-state index < -0.39 is 38.7 Å². The monoisotopic (exact) mass is 703 g/mol. The maximum atomic E-state index is 14.6. The first-order chi connectivity index (χ1) is 23.5. The van der Waals surface area contributed by atoms with Crippen LogP contribution in [0, 0.1) is 31.1 Å². The number of nitrogens with one attached hydrogen (secondary N) is 1. The van der Waals surface area contributed by atoms with Gasteiger partial charge in [0.25, 0.3) is 5.19 Å². The zero-order chi connectivity index (χ0) is 34.3. The number of ether oxygens (including phenoxy) is 1. The molecule has 2 aromatic carbocycles. The van der Waals surface area contributed by atoms with Crippen molar-refractivity contribution in [2.45, 2.75) is 102 Å². The van der Waals surface area contributed by atoms with Gasteiger partial charge in [-0.2, -0.15) is 0 Å². The summed E-state index contributed by atoms with van der Waals surface area (Å²) in [5.41, 5.74) is 3.04. The van der Waals surface area contributed by atoms with E-state index in [9.17, 15) is 22.8 Å². The highest BCUT2D eigenvalue weighted by molar-refractivity contribution is 7.90. The van der Waals surface area contributed by atoms with Gasteiger partial charge in [0, 0.05) is 18.8 Å². The lowest BCUT2D eigenvalue weighted by atomic mass is 9.89. The number of aromatic nitrogens is 1. The summed E-state index contributed by atoms with van der Waals surface area (Å²) in [4.78, 5) is 49.1. The van der Waals surface area contributed by atoms with Crippen LogP contribution in [0.3, 0.4) is 0 Å². The van der Waals surface area contributed by atoms with Gasteiger partial charge in [0.05, 0.1) is 33.5 Å². The number of amides is 2. The molecule has 0 unspecified atom stereocenters. The molecule has 49 heavy (non-hydrogen) atoms. The molecule has 2 amide bonds. The number of benzene rings is 2. The molecule has 4 aliphatic rings. The Morgan fingerprint density at radius 1 is 1.06 bits per heavy atom. The van der Waals surface area contributed by atoms with Crippen molar-refractivity contribution in [3.8, 4) is 5.19 Å². The second-order valence-electron chi connectivity index (χ2n) is 14.7. The van der Waals surface area contributed by atoms with Crippen LogP contribution in [0.1, 0.15) is 80.9 Å². The minimum atomic E-state index is -3.78. The smallest absolute Gasteiger partial charge is 0.274 e. The third-order valence-corrected chi connectivity index (χ3v) is 13.4. The number of carbonyl (C=O) groups is 3. The zero-order valence-corrected chi connectivity index (χ0v) is 29.9. The second kappa shape index (κ2) is 13.6. The van der Waals surface area contributed by atoms with E-state index in [1.54, 1.807) is 4.90 Å². The molecule has 9 nitrogen and oxygen atoms in total. The molecule has 1 N–H and O–H groups in total. The second-order valence-corrected chi connectivity index (χ2v) is 17.6. The van der Waals surface area contributed by atoms with Crippen LogP contribution in [-0.4, -0.2) is 59.8 Å². The lowest BCUT2D eigenvalue weighted by molar-refractivity contribution is -0.142. The summed E-state index contributed by atoms with van der Waals surface area (Å²) in [6, 6.07) is 13.5. The van der Waals surface area contributed by atoms with E-state index >= 15 is 0 Å². The number of aryl methyl sites for hydroxylation is 2. The van der Waals surface area contributed by atoms with Crippen LogP contribution in [0.5, 0.6) is 5.19 Å². The van der Waals surface area contributed by atoms with Gasteiger partial charge < -0.3 is 9.64 Å². The molecule has 3 fully saturated rings. The number of nitrogens with zero attached hydrogens (tertiary/aromatic N) is 2. The van der Waals surface area contributed by atoms with E-state index in [2.05, 4.69) is 34.0 Å². The van der Waals surface area contributed by atoms with Gasteiger partial charge in [0.1, 0.15) is 6.10 Å². The van der Waals surface area contributed by atoms with Crippen molar-refractivity contribution in [1.82, 2.24) is 14.6 Å². The Kier molecular flexibility index (Phi) is 9.43. The molecular formula is C38H45N3O6S2. The zero-order valence-electron chi connectivity index (χ0n) is 28.2. The van der Waals surface area contributed by atoms with Crippen molar-refractivity contribution in [1.29, 1.82) is 0 Å². The lowest BCUT2D eigenvalue weighted by Crippen LogP contribution is -2.46. The fourth-order valence-electron chi connectivity index (χ4n) is 7.65. The molecule has 3 aromatic rings. The Morgan fingerprint density at radius 3 is 2.67 bits per heavy atom. The van der Waals surface area contributed by atoms with Crippen LogP contribution in [-0.2, 0) is 30.8 Å². The summed E-state index contributed by atoms with van der Waals surface area (Å²) >= 11 is 1.45. The van der Waals surface area contributed by atoms with Crippen molar-refractivity contribution in [2.75, 3.05) is 6.54 Å². The molecule has 5 atom stereocenters. The Bertz CT molecular complexity index is 1900. The fraction of sp³-hybridized carbons (Fsp3) is 0.526. The third-order valence-electron chi connectivity index (χ3n) is 10.7. The SMILES string of the molecule is Cc1cccc(C[C@H]2CCCCC/C=C\[C@@H]3C[C@@]3(C(=O)NS(=O)(=O)C3CC3)CC(=O)[C@@H]3C[C@@H](Oc4nc5ccc(C)cc5s4)CN3C2=O)c1. The molecule has 11 heteroatoms. The molecule has 1 aromatic heterocycles. The minimum absolute atomic E-state index is 0.0685. The number of Topliss-reactive ketones (excluding diaryl/α,β-unsaturated/α-hetero) is 1. The lowest BCUT2D eigenvalue weighted by Gasteiger charge is -2.29. The summed E-state index contributed by atoms with van der Waals surface area (Å²) in [6.45, 7) is 4.32. The third kappa shape index (κ3) is 7.48. The van der Waals surface area contributed by atoms with E-state index in [0.717, 1.165) is 52.6 Å². The molecule has 1 saturated heterocycles. The Hall–Kier alpha value is -3.57. The van der Waals surface area contributed by atoms with Crippen molar-refractivity contribution in [2.24, 2.45) is 17.3 Å². The van der Waals surface area contributed by atoms with Crippen LogP contribution in [0.2, 0.25) is 0 Å². The highest BCUT2D eigenvalue weighted by Crippen LogP contribution is 2.57. The highest BCUT2D eigenvalue weighted by atomic mass is 32.2. The van der Waals surface area contributed by atoms with E-state index in [1.165, 1.54) is 11.3 Å². The van der Waals surface area contributed by atoms with Gasteiger partial charge in [0.2, 0.25) is 21.8 Å². The summed E-state index contributed by atoms with van der Waals surface area (Å²) in [5.74, 6) is -1.43. The number of thiazole rings is 1. The van der Waals surface area contributed by atoms with Crippen LogP contribution in [0.4, 0.5) is 0 Å². The van der Waals surface area contributed by atoms with E-state index in [1.807, 2.05) is 44.2 Å². The molecule has 7 rings (SSSR count). The topological polar surface area (TPSA) is 123 Å². The Morgan fingerprint density at radius 2 is 1.88 bits per heavy atom. The average Bonchev–Trinajstić information content (AvgIpc) is 3.95. The first-order valence-corrected chi connectivity index (χ1v) is 20.0. The minimum Gasteiger partial charge on any atom is -0.465 e. The molecule has 2 saturated carbocycles. The van der Waals surface area contributed by atoms with Crippen LogP contribution < -0.4 is 9.46 Å². The summed E-state index contributed by atoms with van der Waals surface area (Å²) in [6.07, 6.45) is 10.2. The maximum Gasteiger partial charge on any atom is 0.274 e. The number of ketones is 1. The summed E-state index contributed by atoms with van der Waals surface area (Å²) in [5, 5.41) is -0.0470. The normalized spacial score (nSPS) is 28.7. The standard InChI is InChI=1S/C38H45N3O6S2/c1-24-9-8-10-26(17-24)19-27-11-6-4-3-5-7-12-28-21-38(28,36(44)40-49(45,46)30-14-15-30)22-33(42)32-20-29(23-41(32)35(27)43)47-37-39-31-16-13-25(2)18-34(31)48-37/h7-10,12-13,16-18,27-30,32H,3-6,11,14-15,19-23H2,1-2H3,(H,40,44)/b12-7-/t27-,28-,29-,32+,38-/m1/s1. The van der Waals surface area contributed by atoms with E-state index in [0.29, 0.717) is 37.3 Å². The van der Waals surface area contributed by atoms with Gasteiger partial charge in [-0.1, -0.05) is 72.2 Å². The van der Waals surface area contributed by atoms with Gasteiger partial charge in [0.15, 0.2) is 5.78 Å². The summed E-state index contributed by atoms with van der Waals surface area (Å²) in [7, 11) is -3.78. The largest absolute Gasteiger partial charge is 0.465 e. The number of hydrogen-bond donors (Lipinski definition) is 1. The molecule has 3 heterocycles. The Labute approximate surface area is 292 Å². The molecule has 260 valence electrons. The van der Waals surface area contributed by atoms with Gasteiger partial charge in [-0.15, -0.1) is 0 Å². The molecule has 0 spiro atoms. The van der Waals surface area contributed by atoms with E-state index in [-0.39, 0.29) is 42.9 Å². The average molecular weight is 704 g/mol. The molecule has 0 radical (unpaired) electrons. The number of fused-ring (bicyclic) bond motifs is 3. The molecule has 0 bridgehead atoms. The van der Waals surface area contributed by atoms with Crippen LogP contribution in [0.15, 0.2) is 54.6 Å². The van der Waals surface area contributed by atoms with Gasteiger partial charge >= 0.3 is 0 Å². The summed E-state index contributed by atoms with van der Waals surface area (Å²) < 4.78 is 35.4. The molecule has 2 aliphatic carbocycles. The van der Waals surface area contributed by atoms with Crippen LogP contribution >= 0.6 is 11.3 Å². The van der Waals surface area contributed by atoms with Crippen molar-refractivity contribution in [3.05, 3.63) is 71.3 Å². The Balaban J connectivity index is 1.18. The number of carbonyl (C=O) groups excluding carboxylic acids is 3. The van der Waals surface area contributed by atoms with Gasteiger partial charge in [-0.05, 0) is 88.0 Å². The van der Waals surface area contributed by atoms with Crippen LogP contribution in [0.25, 0.3) is 10.2 Å². The predicted molar refractivity (Wildman–Crippen MR) is 190 cm³/mol. The quantitative estimate of drug-likeness (QED) is 0.290. The molecular weight excluding hydrogens is 659 g/mol. The molecule has 2 aliphatic heterocycles. The van der Waals surface area contributed by atoms with Crippen molar-refractivity contribution >= 4 is 49.2 Å². The number of allylic oxidation sites excluding steroid dienone is 2. The number of rotatable bonds is 7. The van der Waals surface area contributed by atoms with Crippen molar-refractivity contribution < 1.29 is 27.5 Å². The fourth-order valence-corrected chi connectivity index (χ4v) is 10.0. The number of hydrogen-bond acceptors (Lipinski definition) is 8. The van der Waals surface area contributed by atoms with Gasteiger partial charge in [-0.3, -0.25) is 19.1 Å².